The lowest BCUT2D eigenvalue weighted by Crippen LogP contribution is -2.25. The molecule has 0 saturated heterocycles. The first-order valence-corrected chi connectivity index (χ1v) is 6.01. The lowest BCUT2D eigenvalue weighted by atomic mass is 9.87. The molecule has 1 saturated carbocycles. The van der Waals surface area contributed by atoms with E-state index >= 15 is 0 Å². The predicted octanol–water partition coefficient (Wildman–Crippen LogP) is 2.09. The Hall–Kier alpha value is -0.870. The van der Waals surface area contributed by atoms with E-state index in [-0.39, 0.29) is 6.10 Å². The second kappa shape index (κ2) is 5.46. The molecule has 0 radical (unpaired) electrons. The number of anilines is 1. The van der Waals surface area contributed by atoms with E-state index in [2.05, 4.69) is 15.3 Å². The molecule has 0 spiro atoms. The monoisotopic (exact) mass is 241 g/mol. The molecule has 1 heterocycles. The van der Waals surface area contributed by atoms with Gasteiger partial charge in [0.25, 0.3) is 0 Å². The van der Waals surface area contributed by atoms with Gasteiger partial charge in [-0.15, -0.1) is 0 Å². The minimum absolute atomic E-state index is 0.133. The van der Waals surface area contributed by atoms with Crippen LogP contribution < -0.4 is 5.32 Å². The normalized spacial score (nSPS) is 25.4. The fraction of sp³-hybridized carbons (Fsp3) is 0.636. The van der Waals surface area contributed by atoms with E-state index in [0.717, 1.165) is 32.2 Å². The third-order valence-corrected chi connectivity index (χ3v) is 3.12. The van der Waals surface area contributed by atoms with Crippen molar-refractivity contribution in [1.29, 1.82) is 0 Å². The summed E-state index contributed by atoms with van der Waals surface area (Å²) in [6, 6.07) is 0. The quantitative estimate of drug-likeness (QED) is 0.851. The van der Waals surface area contributed by atoms with Crippen LogP contribution in [0.1, 0.15) is 25.7 Å². The minimum Gasteiger partial charge on any atom is -0.393 e. The summed E-state index contributed by atoms with van der Waals surface area (Å²) in [5.74, 6) is 1.12. The molecule has 1 aliphatic carbocycles. The fourth-order valence-electron chi connectivity index (χ4n) is 2.09. The van der Waals surface area contributed by atoms with Crippen molar-refractivity contribution in [3.8, 4) is 0 Å². The Kier molecular flexibility index (Phi) is 3.96. The zero-order chi connectivity index (χ0) is 11.4. The summed E-state index contributed by atoms with van der Waals surface area (Å²) in [5, 5.41) is 13.2. The van der Waals surface area contributed by atoms with Crippen molar-refractivity contribution in [2.24, 2.45) is 5.92 Å². The Bertz CT molecular complexity index is 331. The first kappa shape index (κ1) is 11.6. The van der Waals surface area contributed by atoms with Gasteiger partial charge in [0, 0.05) is 6.54 Å². The van der Waals surface area contributed by atoms with Crippen molar-refractivity contribution in [2.45, 2.75) is 31.8 Å². The molecule has 4 nitrogen and oxygen atoms in total. The van der Waals surface area contributed by atoms with Crippen LogP contribution >= 0.6 is 11.6 Å². The van der Waals surface area contributed by atoms with Gasteiger partial charge in [-0.2, -0.15) is 0 Å². The number of aliphatic hydroxyl groups is 1. The van der Waals surface area contributed by atoms with Crippen LogP contribution in [-0.2, 0) is 0 Å². The summed E-state index contributed by atoms with van der Waals surface area (Å²) in [7, 11) is 0. The number of nitrogens with one attached hydrogen (secondary N) is 1. The van der Waals surface area contributed by atoms with Gasteiger partial charge in [0.1, 0.15) is 0 Å². The van der Waals surface area contributed by atoms with Crippen LogP contribution in [-0.4, -0.2) is 27.7 Å². The summed E-state index contributed by atoms with van der Waals surface area (Å²) in [6.07, 6.45) is 7.10. The highest BCUT2D eigenvalue weighted by molar-refractivity contribution is 6.30. The Morgan fingerprint density at radius 2 is 2.12 bits per heavy atom. The second-order valence-corrected chi connectivity index (χ2v) is 4.73. The molecule has 1 aromatic heterocycles. The summed E-state index contributed by atoms with van der Waals surface area (Å²) < 4.78 is 0. The van der Waals surface area contributed by atoms with Gasteiger partial charge in [0.05, 0.1) is 23.5 Å². The van der Waals surface area contributed by atoms with E-state index < -0.39 is 0 Å². The van der Waals surface area contributed by atoms with E-state index in [1.807, 2.05) is 0 Å². The standard InChI is InChI=1S/C11H16ClN3O/c12-9-6-14-11(15-7-9)13-5-8-2-1-3-10(16)4-8/h6-8,10,16H,1-5H2,(H,13,14,15). The van der Waals surface area contributed by atoms with Gasteiger partial charge in [0.15, 0.2) is 0 Å². The van der Waals surface area contributed by atoms with Crippen molar-refractivity contribution in [3.63, 3.8) is 0 Å². The Labute approximate surface area is 100 Å². The SMILES string of the molecule is OC1CCCC(CNc2ncc(Cl)cn2)C1. The van der Waals surface area contributed by atoms with Crippen LogP contribution in [0, 0.1) is 5.92 Å². The first-order chi connectivity index (χ1) is 7.74. The van der Waals surface area contributed by atoms with Crippen LogP contribution in [0.5, 0.6) is 0 Å². The molecule has 1 aromatic rings. The number of hydrogen-bond donors (Lipinski definition) is 2. The second-order valence-electron chi connectivity index (χ2n) is 4.29. The van der Waals surface area contributed by atoms with Crippen LogP contribution in [0.3, 0.4) is 0 Å². The van der Waals surface area contributed by atoms with Crippen molar-refractivity contribution in [1.82, 2.24) is 9.97 Å². The van der Waals surface area contributed by atoms with Crippen LogP contribution in [0.15, 0.2) is 12.4 Å². The molecule has 1 fully saturated rings. The van der Waals surface area contributed by atoms with Gasteiger partial charge in [-0.05, 0) is 25.2 Å². The Balaban J connectivity index is 1.80. The number of rotatable bonds is 3. The highest BCUT2D eigenvalue weighted by atomic mass is 35.5. The minimum atomic E-state index is -0.133. The zero-order valence-electron chi connectivity index (χ0n) is 9.06. The molecule has 5 heteroatoms. The Morgan fingerprint density at radius 1 is 1.38 bits per heavy atom. The van der Waals surface area contributed by atoms with Gasteiger partial charge in [-0.25, -0.2) is 9.97 Å². The molecular formula is C11H16ClN3O. The molecule has 2 unspecified atom stereocenters. The summed E-state index contributed by atoms with van der Waals surface area (Å²) in [5.41, 5.74) is 0. The third-order valence-electron chi connectivity index (χ3n) is 2.92. The smallest absolute Gasteiger partial charge is 0.222 e. The molecule has 0 amide bonds. The summed E-state index contributed by atoms with van der Waals surface area (Å²) >= 11 is 5.69. The average Bonchev–Trinajstić information content (AvgIpc) is 2.28. The fourth-order valence-corrected chi connectivity index (χ4v) is 2.18. The molecule has 0 aromatic carbocycles. The molecule has 2 atom stereocenters. The maximum Gasteiger partial charge on any atom is 0.222 e. The predicted molar refractivity (Wildman–Crippen MR) is 63.5 cm³/mol. The van der Waals surface area contributed by atoms with E-state index in [9.17, 15) is 5.11 Å². The molecule has 0 aliphatic heterocycles. The number of aliphatic hydroxyl groups excluding tert-OH is 1. The molecule has 2 rings (SSSR count). The largest absolute Gasteiger partial charge is 0.393 e. The molecule has 88 valence electrons. The molecule has 2 N–H and O–H groups in total. The number of aromatic nitrogens is 2. The lowest BCUT2D eigenvalue weighted by Gasteiger charge is -2.25. The topological polar surface area (TPSA) is 58.0 Å². The zero-order valence-corrected chi connectivity index (χ0v) is 9.82. The maximum absolute atomic E-state index is 9.54. The van der Waals surface area contributed by atoms with Crippen LogP contribution in [0.2, 0.25) is 5.02 Å². The first-order valence-electron chi connectivity index (χ1n) is 5.63. The van der Waals surface area contributed by atoms with Gasteiger partial charge in [-0.3, -0.25) is 0 Å². The average molecular weight is 242 g/mol. The van der Waals surface area contributed by atoms with Crippen LogP contribution in [0.25, 0.3) is 0 Å². The Morgan fingerprint density at radius 3 is 2.81 bits per heavy atom. The molecule has 0 bridgehead atoms. The van der Waals surface area contributed by atoms with Gasteiger partial charge in [0.2, 0.25) is 5.95 Å². The highest BCUT2D eigenvalue weighted by Gasteiger charge is 2.19. The molecule has 1 aliphatic rings. The highest BCUT2D eigenvalue weighted by Crippen LogP contribution is 2.24. The van der Waals surface area contributed by atoms with Crippen molar-refractivity contribution >= 4 is 17.5 Å². The summed E-state index contributed by atoms with van der Waals surface area (Å²) in [6.45, 7) is 0.818. The van der Waals surface area contributed by atoms with Gasteiger partial charge in [-0.1, -0.05) is 18.0 Å². The number of halogens is 1. The van der Waals surface area contributed by atoms with Gasteiger partial charge < -0.3 is 10.4 Å². The van der Waals surface area contributed by atoms with Crippen molar-refractivity contribution < 1.29 is 5.11 Å². The van der Waals surface area contributed by atoms with Crippen molar-refractivity contribution in [2.75, 3.05) is 11.9 Å². The molecular weight excluding hydrogens is 226 g/mol. The van der Waals surface area contributed by atoms with Crippen LogP contribution in [0.4, 0.5) is 5.95 Å². The number of nitrogens with zero attached hydrogens (tertiary/aromatic N) is 2. The summed E-state index contributed by atoms with van der Waals surface area (Å²) in [4.78, 5) is 8.13. The maximum atomic E-state index is 9.54. The molecule has 16 heavy (non-hydrogen) atoms. The van der Waals surface area contributed by atoms with Crippen molar-refractivity contribution in [3.05, 3.63) is 17.4 Å². The van der Waals surface area contributed by atoms with E-state index in [4.69, 9.17) is 11.6 Å². The van der Waals surface area contributed by atoms with E-state index in [0.29, 0.717) is 16.9 Å². The van der Waals surface area contributed by atoms with E-state index in [1.165, 1.54) is 0 Å². The van der Waals surface area contributed by atoms with Gasteiger partial charge >= 0.3 is 0 Å². The third kappa shape index (κ3) is 3.32. The number of hydrogen-bond acceptors (Lipinski definition) is 4. The van der Waals surface area contributed by atoms with E-state index in [1.54, 1.807) is 12.4 Å². The lowest BCUT2D eigenvalue weighted by molar-refractivity contribution is 0.104.